The third-order valence-electron chi connectivity index (χ3n) is 4.93. The number of amides is 1. The van der Waals surface area contributed by atoms with E-state index in [2.05, 4.69) is 23.6 Å². The Bertz CT molecular complexity index is 1080. The van der Waals surface area contributed by atoms with E-state index in [4.69, 9.17) is 12.2 Å². The average molecular weight is 382 g/mol. The molecule has 1 fully saturated rings. The number of fused-ring (bicyclic) bond motifs is 1. The van der Waals surface area contributed by atoms with Gasteiger partial charge < -0.3 is 4.57 Å². The van der Waals surface area contributed by atoms with Gasteiger partial charge in [0.25, 0.3) is 5.91 Å². The predicted molar refractivity (Wildman–Crippen MR) is 113 cm³/mol. The summed E-state index contributed by atoms with van der Waals surface area (Å²) in [6.07, 6.45) is 1.98. The number of carbonyl (C=O) groups is 1. The molecule has 3 aromatic rings. The first-order valence-corrected chi connectivity index (χ1v) is 9.60. The van der Waals surface area contributed by atoms with Crippen molar-refractivity contribution in [2.45, 2.75) is 20.8 Å². The Morgan fingerprint density at radius 3 is 2.38 bits per heavy atom. The van der Waals surface area contributed by atoms with Crippen molar-refractivity contribution in [3.05, 3.63) is 63.9 Å². The maximum Gasteiger partial charge on any atom is 0.285 e. The van der Waals surface area contributed by atoms with E-state index in [9.17, 15) is 4.79 Å². The Morgan fingerprint density at radius 1 is 1.04 bits per heavy atom. The summed E-state index contributed by atoms with van der Waals surface area (Å²) in [4.78, 5) is 13.8. The van der Waals surface area contributed by atoms with Crippen molar-refractivity contribution in [2.24, 2.45) is 7.05 Å². The van der Waals surface area contributed by atoms with Crippen LogP contribution in [0, 0.1) is 20.8 Å². The summed E-state index contributed by atoms with van der Waals surface area (Å²) in [6, 6.07) is 12.2. The molecule has 1 aromatic carbocycles. The van der Waals surface area contributed by atoms with Gasteiger partial charge in [-0.25, -0.2) is 0 Å². The largest absolute Gasteiger partial charge is 0.347 e. The smallest absolute Gasteiger partial charge is 0.285 e. The molecule has 1 aliphatic rings. The number of benzene rings is 1. The lowest BCUT2D eigenvalue weighted by Gasteiger charge is -2.20. The van der Waals surface area contributed by atoms with Gasteiger partial charge in [0, 0.05) is 40.6 Å². The van der Waals surface area contributed by atoms with Crippen LogP contribution in [0.3, 0.4) is 0 Å². The second-order valence-electron chi connectivity index (χ2n) is 6.50. The molecule has 1 saturated heterocycles. The number of rotatable bonds is 2. The van der Waals surface area contributed by atoms with Gasteiger partial charge in [0.15, 0.2) is 4.32 Å². The zero-order valence-electron chi connectivity index (χ0n) is 15.1. The molecule has 26 heavy (non-hydrogen) atoms. The number of para-hydroxylation sites is 1. The first-order valence-electron chi connectivity index (χ1n) is 8.37. The van der Waals surface area contributed by atoms with Gasteiger partial charge >= 0.3 is 0 Å². The van der Waals surface area contributed by atoms with Crippen LogP contribution in [0.1, 0.15) is 22.6 Å². The standard InChI is InChI=1S/C20H19N3OS2/c1-12-9-10-13(2)22(12)23-19(24)18(26-20(23)25)11-16-14(3)21(4)17-8-6-5-7-15(16)17/h5-11H,1-4H3/b18-11-. The van der Waals surface area contributed by atoms with Gasteiger partial charge in [-0.15, -0.1) is 0 Å². The Morgan fingerprint density at radius 2 is 1.69 bits per heavy atom. The number of carbonyl (C=O) groups excluding carboxylic acids is 1. The highest BCUT2D eigenvalue weighted by molar-refractivity contribution is 8.27. The minimum atomic E-state index is -0.0743. The summed E-state index contributed by atoms with van der Waals surface area (Å²) >= 11 is 6.87. The van der Waals surface area contributed by atoms with E-state index in [1.54, 1.807) is 5.01 Å². The normalized spacial score (nSPS) is 16.5. The van der Waals surface area contributed by atoms with E-state index in [1.807, 2.05) is 55.9 Å². The van der Waals surface area contributed by atoms with Gasteiger partial charge in [-0.05, 0) is 57.3 Å². The van der Waals surface area contributed by atoms with E-state index in [0.717, 1.165) is 33.5 Å². The van der Waals surface area contributed by atoms with Crippen LogP contribution in [0.4, 0.5) is 0 Å². The first kappa shape index (κ1) is 17.1. The number of aryl methyl sites for hydroxylation is 3. The number of nitrogens with zero attached hydrogens (tertiary/aromatic N) is 3. The van der Waals surface area contributed by atoms with Crippen molar-refractivity contribution < 1.29 is 4.79 Å². The number of thiocarbonyl (C=S) groups is 1. The number of hydrogen-bond acceptors (Lipinski definition) is 3. The zero-order valence-corrected chi connectivity index (χ0v) is 16.7. The topological polar surface area (TPSA) is 30.2 Å². The van der Waals surface area contributed by atoms with Gasteiger partial charge in [-0.2, -0.15) is 5.01 Å². The van der Waals surface area contributed by atoms with E-state index >= 15 is 0 Å². The van der Waals surface area contributed by atoms with Crippen molar-refractivity contribution in [3.63, 3.8) is 0 Å². The third-order valence-corrected chi connectivity index (χ3v) is 6.21. The van der Waals surface area contributed by atoms with E-state index in [1.165, 1.54) is 11.8 Å². The van der Waals surface area contributed by atoms with E-state index < -0.39 is 0 Å². The minimum absolute atomic E-state index is 0.0743. The number of aromatic nitrogens is 2. The molecule has 0 bridgehead atoms. The minimum Gasteiger partial charge on any atom is -0.347 e. The Labute approximate surface area is 162 Å². The van der Waals surface area contributed by atoms with Crippen LogP contribution >= 0.6 is 24.0 Å². The van der Waals surface area contributed by atoms with Crippen molar-refractivity contribution in [1.82, 2.24) is 9.24 Å². The molecule has 0 radical (unpaired) electrons. The lowest BCUT2D eigenvalue weighted by molar-refractivity contribution is -0.114. The molecule has 3 heterocycles. The quantitative estimate of drug-likeness (QED) is 0.485. The fourth-order valence-corrected chi connectivity index (χ4v) is 4.69. The van der Waals surface area contributed by atoms with Crippen LogP contribution in [0.5, 0.6) is 0 Å². The maximum absolute atomic E-state index is 13.1. The lowest BCUT2D eigenvalue weighted by atomic mass is 10.1. The summed E-state index contributed by atoms with van der Waals surface area (Å²) in [5, 5.41) is 2.74. The lowest BCUT2D eigenvalue weighted by Crippen LogP contribution is -2.39. The summed E-state index contributed by atoms with van der Waals surface area (Å²) in [6.45, 7) is 6.03. The zero-order chi connectivity index (χ0) is 18.6. The average Bonchev–Trinajstić information content (AvgIpc) is 3.17. The fraction of sp³-hybridized carbons (Fsp3) is 0.200. The van der Waals surface area contributed by atoms with Crippen molar-refractivity contribution in [3.8, 4) is 0 Å². The SMILES string of the molecule is Cc1ccc(C)n1N1C(=O)/C(=C/c2c(C)n(C)c3ccccc23)SC1=S. The molecule has 0 spiro atoms. The summed E-state index contributed by atoms with van der Waals surface area (Å²) in [5.41, 5.74) is 5.33. The second-order valence-corrected chi connectivity index (χ2v) is 8.17. The highest BCUT2D eigenvalue weighted by Gasteiger charge is 2.35. The Balaban J connectivity index is 1.82. The van der Waals surface area contributed by atoms with Crippen molar-refractivity contribution >= 4 is 51.2 Å². The van der Waals surface area contributed by atoms with Gasteiger partial charge in [0.2, 0.25) is 0 Å². The number of thioether (sulfide) groups is 1. The van der Waals surface area contributed by atoms with Crippen molar-refractivity contribution in [1.29, 1.82) is 0 Å². The van der Waals surface area contributed by atoms with Gasteiger partial charge in [-0.3, -0.25) is 9.47 Å². The van der Waals surface area contributed by atoms with Crippen LogP contribution in [-0.2, 0) is 11.8 Å². The molecular formula is C20H19N3OS2. The summed E-state index contributed by atoms with van der Waals surface area (Å²) < 4.78 is 4.60. The van der Waals surface area contributed by atoms with Crippen LogP contribution in [-0.4, -0.2) is 19.5 Å². The first-order chi connectivity index (χ1) is 12.4. The Kier molecular flexibility index (Phi) is 4.04. The molecular weight excluding hydrogens is 362 g/mol. The van der Waals surface area contributed by atoms with Crippen molar-refractivity contribution in [2.75, 3.05) is 5.01 Å². The number of hydrogen-bond donors (Lipinski definition) is 0. The monoisotopic (exact) mass is 381 g/mol. The molecule has 4 rings (SSSR count). The Hall–Kier alpha value is -2.31. The molecule has 0 unspecified atom stereocenters. The van der Waals surface area contributed by atoms with E-state index in [0.29, 0.717) is 9.23 Å². The summed E-state index contributed by atoms with van der Waals surface area (Å²) in [5.74, 6) is -0.0743. The molecule has 0 aliphatic carbocycles. The molecule has 2 aromatic heterocycles. The molecule has 0 atom stereocenters. The second kappa shape index (κ2) is 6.14. The summed E-state index contributed by atoms with van der Waals surface area (Å²) in [7, 11) is 2.05. The molecule has 1 amide bonds. The molecule has 132 valence electrons. The molecule has 0 N–H and O–H groups in total. The highest BCUT2D eigenvalue weighted by atomic mass is 32.2. The van der Waals surface area contributed by atoms with E-state index in [-0.39, 0.29) is 5.91 Å². The molecule has 4 nitrogen and oxygen atoms in total. The third kappa shape index (κ3) is 2.44. The molecule has 6 heteroatoms. The molecule has 1 aliphatic heterocycles. The maximum atomic E-state index is 13.1. The molecule has 0 saturated carbocycles. The van der Waals surface area contributed by atoms with Gasteiger partial charge in [-0.1, -0.05) is 30.0 Å². The van der Waals surface area contributed by atoms with Crippen LogP contribution < -0.4 is 5.01 Å². The van der Waals surface area contributed by atoms with Gasteiger partial charge in [0.1, 0.15) is 0 Å². The van der Waals surface area contributed by atoms with Crippen LogP contribution in [0.15, 0.2) is 41.3 Å². The van der Waals surface area contributed by atoms with Gasteiger partial charge in [0.05, 0.1) is 4.91 Å². The van der Waals surface area contributed by atoms with Crippen LogP contribution in [0.25, 0.3) is 17.0 Å². The predicted octanol–water partition coefficient (Wildman–Crippen LogP) is 4.44. The van der Waals surface area contributed by atoms with Crippen LogP contribution in [0.2, 0.25) is 0 Å². The highest BCUT2D eigenvalue weighted by Crippen LogP contribution is 2.35. The fourth-order valence-electron chi connectivity index (χ4n) is 3.47.